The molecular weight excluding hydrogens is 383 g/mol. The molecule has 1 N–H and O–H groups in total. The normalized spacial score (nSPS) is 15.1. The molecular formula is C21H20Cl2N2O2. The number of para-hydroxylation sites is 1. The van der Waals surface area contributed by atoms with Crippen molar-refractivity contribution in [2.75, 3.05) is 18.4 Å². The van der Waals surface area contributed by atoms with Crippen molar-refractivity contribution in [2.45, 2.75) is 12.8 Å². The van der Waals surface area contributed by atoms with E-state index >= 15 is 0 Å². The second kappa shape index (κ2) is 9.07. The van der Waals surface area contributed by atoms with Gasteiger partial charge in [0, 0.05) is 46.4 Å². The van der Waals surface area contributed by atoms with E-state index in [0.717, 1.165) is 5.69 Å². The Morgan fingerprint density at radius 3 is 2.22 bits per heavy atom. The van der Waals surface area contributed by atoms with Crippen LogP contribution in [0.3, 0.4) is 0 Å². The Morgan fingerprint density at radius 1 is 0.963 bits per heavy atom. The molecule has 27 heavy (non-hydrogen) atoms. The summed E-state index contributed by atoms with van der Waals surface area (Å²) in [5.74, 6) is -0.184. The zero-order valence-electron chi connectivity index (χ0n) is 14.7. The molecule has 1 heterocycles. The molecule has 1 fully saturated rings. The van der Waals surface area contributed by atoms with Crippen molar-refractivity contribution in [3.8, 4) is 0 Å². The van der Waals surface area contributed by atoms with E-state index in [1.807, 2.05) is 30.3 Å². The molecule has 4 nitrogen and oxygen atoms in total. The largest absolute Gasteiger partial charge is 0.339 e. The van der Waals surface area contributed by atoms with Gasteiger partial charge < -0.3 is 10.2 Å². The number of nitrogens with one attached hydrogen (secondary N) is 1. The Kier molecular flexibility index (Phi) is 6.54. The van der Waals surface area contributed by atoms with E-state index in [-0.39, 0.29) is 17.7 Å². The molecule has 0 unspecified atom stereocenters. The fourth-order valence-electron chi connectivity index (χ4n) is 3.06. The first kappa shape index (κ1) is 19.5. The third-order valence-electron chi connectivity index (χ3n) is 4.61. The van der Waals surface area contributed by atoms with Crippen molar-refractivity contribution in [3.05, 3.63) is 70.2 Å². The number of rotatable bonds is 4. The van der Waals surface area contributed by atoms with Gasteiger partial charge in [-0.2, -0.15) is 0 Å². The lowest BCUT2D eigenvalue weighted by atomic mass is 9.95. The lowest BCUT2D eigenvalue weighted by Gasteiger charge is -2.30. The number of benzene rings is 2. The van der Waals surface area contributed by atoms with Crippen LogP contribution in [-0.2, 0) is 9.59 Å². The minimum Gasteiger partial charge on any atom is -0.339 e. The number of piperidine rings is 1. The predicted octanol–water partition coefficient (Wildman–Crippen LogP) is 4.88. The number of amides is 2. The standard InChI is InChI=1S/C21H20Cl2N2O2/c22-18-7-4-8-19(23)17(18)9-10-20(26)25-13-11-15(12-14-25)21(27)24-16-5-2-1-3-6-16/h1-10,15H,11-14H2,(H,24,27). The van der Waals surface area contributed by atoms with Gasteiger partial charge in [0.15, 0.2) is 0 Å². The monoisotopic (exact) mass is 402 g/mol. The highest BCUT2D eigenvalue weighted by molar-refractivity contribution is 6.37. The van der Waals surface area contributed by atoms with Crippen molar-refractivity contribution in [2.24, 2.45) is 5.92 Å². The van der Waals surface area contributed by atoms with E-state index in [1.54, 1.807) is 29.2 Å². The molecule has 2 aromatic rings. The number of carbonyl (C=O) groups is 2. The molecule has 6 heteroatoms. The number of anilines is 1. The van der Waals surface area contributed by atoms with Gasteiger partial charge in [-0.3, -0.25) is 9.59 Å². The van der Waals surface area contributed by atoms with E-state index in [1.165, 1.54) is 6.08 Å². The molecule has 0 spiro atoms. The Hall–Kier alpha value is -2.30. The van der Waals surface area contributed by atoms with Crippen LogP contribution in [0.15, 0.2) is 54.6 Å². The maximum absolute atomic E-state index is 12.4. The Bertz CT molecular complexity index is 824. The summed E-state index contributed by atoms with van der Waals surface area (Å²) in [7, 11) is 0. The lowest BCUT2D eigenvalue weighted by Crippen LogP contribution is -2.40. The van der Waals surface area contributed by atoms with Gasteiger partial charge in [0.1, 0.15) is 0 Å². The van der Waals surface area contributed by atoms with Gasteiger partial charge in [-0.1, -0.05) is 47.5 Å². The fraction of sp³-hybridized carbons (Fsp3) is 0.238. The molecule has 0 aliphatic carbocycles. The fourth-order valence-corrected chi connectivity index (χ4v) is 3.58. The average Bonchev–Trinajstić information content (AvgIpc) is 2.68. The number of nitrogens with zero attached hydrogens (tertiary/aromatic N) is 1. The van der Waals surface area contributed by atoms with Crippen LogP contribution in [0.5, 0.6) is 0 Å². The van der Waals surface area contributed by atoms with Crippen LogP contribution < -0.4 is 5.32 Å². The number of carbonyl (C=O) groups excluding carboxylic acids is 2. The number of hydrogen-bond donors (Lipinski definition) is 1. The molecule has 1 aliphatic rings. The summed E-state index contributed by atoms with van der Waals surface area (Å²) >= 11 is 12.2. The van der Waals surface area contributed by atoms with Crippen molar-refractivity contribution in [3.63, 3.8) is 0 Å². The second-order valence-corrected chi connectivity index (χ2v) is 7.24. The molecule has 1 aliphatic heterocycles. The van der Waals surface area contributed by atoms with Crippen LogP contribution >= 0.6 is 23.2 Å². The summed E-state index contributed by atoms with van der Waals surface area (Å²) < 4.78 is 0. The minimum atomic E-state index is -0.104. The lowest BCUT2D eigenvalue weighted by molar-refractivity contribution is -0.130. The smallest absolute Gasteiger partial charge is 0.246 e. The average molecular weight is 403 g/mol. The first-order valence-electron chi connectivity index (χ1n) is 8.81. The maximum Gasteiger partial charge on any atom is 0.246 e. The van der Waals surface area contributed by atoms with E-state index < -0.39 is 0 Å². The Labute approximate surface area is 168 Å². The number of likely N-dealkylation sites (tertiary alicyclic amines) is 1. The Morgan fingerprint density at radius 2 is 1.59 bits per heavy atom. The van der Waals surface area contributed by atoms with Gasteiger partial charge in [-0.25, -0.2) is 0 Å². The topological polar surface area (TPSA) is 49.4 Å². The zero-order chi connectivity index (χ0) is 19.2. The minimum absolute atomic E-state index is 0.00619. The summed E-state index contributed by atoms with van der Waals surface area (Å²) in [5, 5.41) is 3.93. The molecule has 3 rings (SSSR count). The van der Waals surface area contributed by atoms with Crippen molar-refractivity contribution >= 4 is 46.8 Å². The van der Waals surface area contributed by atoms with Gasteiger partial charge in [0.25, 0.3) is 0 Å². The predicted molar refractivity (Wildman–Crippen MR) is 110 cm³/mol. The third kappa shape index (κ3) is 5.12. The summed E-state index contributed by atoms with van der Waals surface area (Å²) in [6, 6.07) is 14.6. The molecule has 0 bridgehead atoms. The molecule has 1 saturated heterocycles. The SMILES string of the molecule is O=C(Nc1ccccc1)C1CCN(C(=O)C=Cc2c(Cl)cccc2Cl)CC1. The zero-order valence-corrected chi connectivity index (χ0v) is 16.2. The van der Waals surface area contributed by atoms with Crippen molar-refractivity contribution in [1.29, 1.82) is 0 Å². The first-order chi connectivity index (χ1) is 13.0. The second-order valence-electron chi connectivity index (χ2n) is 6.42. The van der Waals surface area contributed by atoms with E-state index in [0.29, 0.717) is 41.5 Å². The summed E-state index contributed by atoms with van der Waals surface area (Å²) in [4.78, 5) is 26.5. The van der Waals surface area contributed by atoms with E-state index in [2.05, 4.69) is 5.32 Å². The summed E-state index contributed by atoms with van der Waals surface area (Å²) in [6.07, 6.45) is 4.41. The highest BCUT2D eigenvalue weighted by Gasteiger charge is 2.26. The van der Waals surface area contributed by atoms with Gasteiger partial charge in [-0.15, -0.1) is 0 Å². The molecule has 0 aromatic heterocycles. The van der Waals surface area contributed by atoms with E-state index in [4.69, 9.17) is 23.2 Å². The molecule has 2 amide bonds. The highest BCUT2D eigenvalue weighted by atomic mass is 35.5. The molecule has 2 aromatic carbocycles. The third-order valence-corrected chi connectivity index (χ3v) is 5.27. The molecule has 0 atom stereocenters. The van der Waals surface area contributed by atoms with E-state index in [9.17, 15) is 9.59 Å². The highest BCUT2D eigenvalue weighted by Crippen LogP contribution is 2.26. The maximum atomic E-state index is 12.4. The van der Waals surface area contributed by atoms with Crippen LogP contribution in [0, 0.1) is 5.92 Å². The molecule has 0 saturated carbocycles. The van der Waals surface area contributed by atoms with Gasteiger partial charge in [0.05, 0.1) is 0 Å². The molecule has 140 valence electrons. The number of halogens is 2. The summed E-state index contributed by atoms with van der Waals surface area (Å²) in [6.45, 7) is 1.10. The quantitative estimate of drug-likeness (QED) is 0.740. The van der Waals surface area contributed by atoms with Crippen LogP contribution in [0.2, 0.25) is 10.0 Å². The van der Waals surface area contributed by atoms with Crippen LogP contribution in [0.1, 0.15) is 18.4 Å². The van der Waals surface area contributed by atoms with Crippen LogP contribution in [-0.4, -0.2) is 29.8 Å². The van der Waals surface area contributed by atoms with Gasteiger partial charge in [-0.05, 0) is 43.2 Å². The summed E-state index contributed by atoms with van der Waals surface area (Å²) in [5.41, 5.74) is 1.42. The van der Waals surface area contributed by atoms with Gasteiger partial charge >= 0.3 is 0 Å². The van der Waals surface area contributed by atoms with Crippen molar-refractivity contribution < 1.29 is 9.59 Å². The van der Waals surface area contributed by atoms with Crippen molar-refractivity contribution in [1.82, 2.24) is 4.90 Å². The molecule has 0 radical (unpaired) electrons. The van der Waals surface area contributed by atoms with Crippen LogP contribution in [0.4, 0.5) is 5.69 Å². The Balaban J connectivity index is 1.53. The van der Waals surface area contributed by atoms with Gasteiger partial charge in [0.2, 0.25) is 11.8 Å². The van der Waals surface area contributed by atoms with Crippen LogP contribution in [0.25, 0.3) is 6.08 Å². The number of hydrogen-bond acceptors (Lipinski definition) is 2. The first-order valence-corrected chi connectivity index (χ1v) is 9.57.